The van der Waals surface area contributed by atoms with Gasteiger partial charge in [-0.05, 0) is 32.4 Å². The minimum atomic E-state index is -0.334. The first-order chi connectivity index (χ1) is 8.49. The number of carbonyl (C=O) groups excluding carboxylic acids is 1. The monoisotopic (exact) mass is 270 g/mol. The van der Waals surface area contributed by atoms with Crippen molar-refractivity contribution < 1.29 is 9.53 Å². The smallest absolute Gasteiger partial charge is 0.242 e. The molecule has 4 nitrogen and oxygen atoms in total. The van der Waals surface area contributed by atoms with Crippen LogP contribution in [0.25, 0.3) is 0 Å². The Bertz CT molecular complexity index is 435. The van der Waals surface area contributed by atoms with Crippen molar-refractivity contribution in [1.29, 1.82) is 0 Å². The number of ether oxygens (including phenoxy) is 1. The van der Waals surface area contributed by atoms with E-state index in [0.29, 0.717) is 17.3 Å². The van der Waals surface area contributed by atoms with Gasteiger partial charge in [0.2, 0.25) is 5.91 Å². The second kappa shape index (κ2) is 6.50. The fourth-order valence-electron chi connectivity index (χ4n) is 1.57. The van der Waals surface area contributed by atoms with Crippen LogP contribution in [0.2, 0.25) is 5.02 Å². The predicted molar refractivity (Wildman–Crippen MR) is 74.5 cm³/mol. The van der Waals surface area contributed by atoms with E-state index in [1.165, 1.54) is 0 Å². The molecule has 0 aliphatic heterocycles. The lowest BCUT2D eigenvalue weighted by Gasteiger charge is -2.18. The number of hydrogen-bond acceptors (Lipinski definition) is 3. The molecule has 0 aliphatic rings. The van der Waals surface area contributed by atoms with Gasteiger partial charge in [-0.2, -0.15) is 0 Å². The van der Waals surface area contributed by atoms with Gasteiger partial charge in [-0.3, -0.25) is 4.79 Å². The molecule has 0 saturated heterocycles. The number of nitrogens with one attached hydrogen (secondary N) is 2. The quantitative estimate of drug-likeness (QED) is 0.865. The summed E-state index contributed by atoms with van der Waals surface area (Å²) in [4.78, 5) is 11.7. The van der Waals surface area contributed by atoms with Crippen LogP contribution in [0.4, 0.5) is 5.69 Å². The van der Waals surface area contributed by atoms with E-state index in [2.05, 4.69) is 10.6 Å². The largest absolute Gasteiger partial charge is 0.495 e. The average molecular weight is 271 g/mol. The highest BCUT2D eigenvalue weighted by Crippen LogP contribution is 2.31. The molecular weight excluding hydrogens is 252 g/mol. The number of carbonyl (C=O) groups is 1. The summed E-state index contributed by atoms with van der Waals surface area (Å²) in [5, 5.41) is 6.52. The molecule has 0 radical (unpaired) electrons. The number of benzene rings is 1. The molecule has 0 spiro atoms. The van der Waals surface area contributed by atoms with E-state index < -0.39 is 0 Å². The maximum Gasteiger partial charge on any atom is 0.242 e. The molecule has 0 heterocycles. The Hall–Kier alpha value is -1.42. The lowest BCUT2D eigenvalue weighted by molar-refractivity contribution is -0.121. The van der Waals surface area contributed by atoms with Crippen molar-refractivity contribution in [3.63, 3.8) is 0 Å². The molecule has 0 aliphatic carbocycles. The Morgan fingerprint density at radius 2 is 2.17 bits per heavy atom. The van der Waals surface area contributed by atoms with Crippen molar-refractivity contribution in [3.8, 4) is 5.75 Å². The summed E-state index contributed by atoms with van der Waals surface area (Å²) in [6.07, 6.45) is 0. The summed E-state index contributed by atoms with van der Waals surface area (Å²) in [7, 11) is 1.57. The van der Waals surface area contributed by atoms with Crippen molar-refractivity contribution in [2.75, 3.05) is 19.0 Å². The molecule has 1 atom stereocenters. The third-order valence-corrected chi connectivity index (χ3v) is 3.00. The lowest BCUT2D eigenvalue weighted by atomic mass is 10.2. The van der Waals surface area contributed by atoms with Gasteiger partial charge < -0.3 is 15.4 Å². The van der Waals surface area contributed by atoms with Crippen LogP contribution >= 0.6 is 11.6 Å². The van der Waals surface area contributed by atoms with Crippen molar-refractivity contribution in [2.45, 2.75) is 26.8 Å². The van der Waals surface area contributed by atoms with E-state index in [1.807, 2.05) is 19.9 Å². The third-order valence-electron chi connectivity index (χ3n) is 2.60. The number of methoxy groups -OCH3 is 1. The van der Waals surface area contributed by atoms with Gasteiger partial charge in [0.1, 0.15) is 11.8 Å². The van der Waals surface area contributed by atoms with Gasteiger partial charge in [0.15, 0.2) is 0 Å². The molecule has 0 aromatic heterocycles. The molecule has 2 N–H and O–H groups in total. The minimum absolute atomic E-state index is 0.0489. The Morgan fingerprint density at radius 3 is 2.72 bits per heavy atom. The molecule has 0 unspecified atom stereocenters. The number of likely N-dealkylation sites (N-methyl/N-ethyl adjacent to an activating group) is 1. The van der Waals surface area contributed by atoms with Gasteiger partial charge in [0.05, 0.1) is 12.8 Å². The summed E-state index contributed by atoms with van der Waals surface area (Å²) in [6.45, 7) is 6.21. The molecule has 18 heavy (non-hydrogen) atoms. The molecular formula is C13H19ClN2O2. The molecule has 0 bridgehead atoms. The fourth-order valence-corrected chi connectivity index (χ4v) is 1.72. The van der Waals surface area contributed by atoms with E-state index in [0.717, 1.165) is 11.3 Å². The topological polar surface area (TPSA) is 50.4 Å². The summed E-state index contributed by atoms with van der Waals surface area (Å²) < 4.78 is 5.24. The zero-order valence-corrected chi connectivity index (χ0v) is 11.9. The van der Waals surface area contributed by atoms with Crippen LogP contribution in [0.3, 0.4) is 0 Å². The average Bonchev–Trinajstić information content (AvgIpc) is 2.33. The van der Waals surface area contributed by atoms with Crippen LogP contribution in [-0.4, -0.2) is 25.6 Å². The first kappa shape index (κ1) is 14.6. The first-order valence-corrected chi connectivity index (χ1v) is 6.25. The summed E-state index contributed by atoms with van der Waals surface area (Å²) in [5.74, 6) is 0.578. The maximum absolute atomic E-state index is 11.7. The van der Waals surface area contributed by atoms with E-state index in [1.54, 1.807) is 20.1 Å². The van der Waals surface area contributed by atoms with Crippen LogP contribution in [0.5, 0.6) is 5.75 Å². The molecule has 1 aromatic carbocycles. The van der Waals surface area contributed by atoms with E-state index >= 15 is 0 Å². The van der Waals surface area contributed by atoms with Crippen molar-refractivity contribution in [3.05, 3.63) is 22.7 Å². The lowest BCUT2D eigenvalue weighted by Crippen LogP contribution is -2.37. The first-order valence-electron chi connectivity index (χ1n) is 5.88. The van der Waals surface area contributed by atoms with Crippen molar-refractivity contribution >= 4 is 23.2 Å². The Morgan fingerprint density at radius 1 is 1.50 bits per heavy atom. The SMILES string of the molecule is CCNC(=O)[C@@H](C)Nc1cc(C)c(Cl)cc1OC. The van der Waals surface area contributed by atoms with Gasteiger partial charge in [-0.1, -0.05) is 11.6 Å². The maximum atomic E-state index is 11.7. The highest BCUT2D eigenvalue weighted by molar-refractivity contribution is 6.31. The Labute approximate surface area is 113 Å². The summed E-state index contributed by atoms with van der Waals surface area (Å²) >= 11 is 6.03. The number of anilines is 1. The Balaban J connectivity index is 2.89. The normalized spacial score (nSPS) is 11.8. The highest BCUT2D eigenvalue weighted by atomic mass is 35.5. The molecule has 0 saturated carbocycles. The predicted octanol–water partition coefficient (Wildman–Crippen LogP) is 2.59. The molecule has 1 aromatic rings. The van der Waals surface area contributed by atoms with Gasteiger partial charge in [-0.25, -0.2) is 0 Å². The van der Waals surface area contributed by atoms with Crippen LogP contribution in [0, 0.1) is 6.92 Å². The summed E-state index contributed by atoms with van der Waals surface area (Å²) in [5.41, 5.74) is 1.70. The fraction of sp³-hybridized carbons (Fsp3) is 0.462. The van der Waals surface area contributed by atoms with Crippen molar-refractivity contribution in [1.82, 2.24) is 5.32 Å². The van der Waals surface area contributed by atoms with Crippen LogP contribution in [0.1, 0.15) is 19.4 Å². The van der Waals surface area contributed by atoms with E-state index in [4.69, 9.17) is 16.3 Å². The second-order valence-corrected chi connectivity index (χ2v) is 4.47. The third kappa shape index (κ3) is 3.53. The highest BCUT2D eigenvalue weighted by Gasteiger charge is 2.14. The summed E-state index contributed by atoms with van der Waals surface area (Å²) in [6, 6.07) is 3.28. The zero-order chi connectivity index (χ0) is 13.7. The number of aryl methyl sites for hydroxylation is 1. The van der Waals surface area contributed by atoms with Gasteiger partial charge in [0.25, 0.3) is 0 Å². The minimum Gasteiger partial charge on any atom is -0.495 e. The van der Waals surface area contributed by atoms with E-state index in [9.17, 15) is 4.79 Å². The number of hydrogen-bond donors (Lipinski definition) is 2. The zero-order valence-electron chi connectivity index (χ0n) is 11.1. The number of amides is 1. The van der Waals surface area contributed by atoms with Gasteiger partial charge >= 0.3 is 0 Å². The number of rotatable bonds is 5. The van der Waals surface area contributed by atoms with Gasteiger partial charge in [0, 0.05) is 17.6 Å². The van der Waals surface area contributed by atoms with Crippen LogP contribution in [0.15, 0.2) is 12.1 Å². The number of halogens is 1. The van der Waals surface area contributed by atoms with Crippen LogP contribution < -0.4 is 15.4 Å². The standard InChI is InChI=1S/C13H19ClN2O2/c1-5-15-13(17)9(3)16-11-6-8(2)10(14)7-12(11)18-4/h6-7,9,16H,5H2,1-4H3,(H,15,17)/t9-/m1/s1. The molecule has 0 fully saturated rings. The Kier molecular flexibility index (Phi) is 5.28. The molecule has 1 amide bonds. The molecule has 1 rings (SSSR count). The van der Waals surface area contributed by atoms with E-state index in [-0.39, 0.29) is 11.9 Å². The van der Waals surface area contributed by atoms with Crippen LogP contribution in [-0.2, 0) is 4.79 Å². The molecule has 5 heteroatoms. The van der Waals surface area contributed by atoms with Gasteiger partial charge in [-0.15, -0.1) is 0 Å². The molecule has 100 valence electrons. The second-order valence-electron chi connectivity index (χ2n) is 4.06. The van der Waals surface area contributed by atoms with Crippen molar-refractivity contribution in [2.24, 2.45) is 0 Å².